The quantitative estimate of drug-likeness (QED) is 0.546. The Kier molecular flexibility index (Phi) is 8.48. The fourth-order valence-electron chi connectivity index (χ4n) is 2.27. The van der Waals surface area contributed by atoms with Crippen LogP contribution in [0.2, 0.25) is 0 Å². The third-order valence-corrected chi connectivity index (χ3v) is 3.36. The van der Waals surface area contributed by atoms with Crippen LogP contribution >= 0.6 is 0 Å². The summed E-state index contributed by atoms with van der Waals surface area (Å²) in [4.78, 5) is 36.0. The summed E-state index contributed by atoms with van der Waals surface area (Å²) in [5, 5.41) is 5.37. The minimum absolute atomic E-state index is 0.0763. The van der Waals surface area contributed by atoms with E-state index in [1.807, 2.05) is 0 Å². The number of ether oxygens (including phenoxy) is 3. The minimum Gasteiger partial charge on any atom is -0.462 e. The molecule has 0 radical (unpaired) electrons. The molecular formula is C21H32N2O6. The summed E-state index contributed by atoms with van der Waals surface area (Å²) in [6.45, 7) is 12.6. The van der Waals surface area contributed by atoms with Gasteiger partial charge in [-0.3, -0.25) is 0 Å². The zero-order valence-electron chi connectivity index (χ0n) is 18.3. The second-order valence-electron chi connectivity index (χ2n) is 8.42. The van der Waals surface area contributed by atoms with Crippen LogP contribution in [0.15, 0.2) is 24.3 Å². The summed E-state index contributed by atoms with van der Waals surface area (Å²) in [7, 11) is 0. The molecule has 0 aromatic heterocycles. The van der Waals surface area contributed by atoms with Crippen molar-refractivity contribution in [2.75, 3.05) is 13.2 Å². The maximum Gasteiger partial charge on any atom is 0.408 e. The number of nitrogens with one attached hydrogen (secondary N) is 2. The summed E-state index contributed by atoms with van der Waals surface area (Å²) >= 11 is 0. The molecule has 0 fully saturated rings. The first-order valence-corrected chi connectivity index (χ1v) is 9.54. The molecule has 1 aromatic carbocycles. The van der Waals surface area contributed by atoms with E-state index < -0.39 is 35.4 Å². The molecule has 0 spiro atoms. The Balaban J connectivity index is 2.93. The predicted octanol–water partition coefficient (Wildman–Crippen LogP) is 3.95. The molecule has 0 saturated carbocycles. The monoisotopic (exact) mass is 408 g/mol. The standard InChI is InChI=1S/C21H32N2O6/c1-8-27-17(24)15-11-9-14(10-12-15)16(23-19(26)29-21(5,6)7)13-22-18(25)28-20(2,3)4/h9-12,16H,8,13H2,1-7H3,(H,22,25)(H,23,26). The first kappa shape index (κ1) is 24.3. The van der Waals surface area contributed by atoms with Crippen molar-refractivity contribution in [1.29, 1.82) is 0 Å². The Bertz CT molecular complexity index is 701. The van der Waals surface area contributed by atoms with Crippen LogP contribution in [0.1, 0.15) is 70.4 Å². The smallest absolute Gasteiger partial charge is 0.408 e. The molecule has 162 valence electrons. The zero-order chi connectivity index (χ0) is 22.2. The van der Waals surface area contributed by atoms with E-state index >= 15 is 0 Å². The van der Waals surface area contributed by atoms with E-state index in [2.05, 4.69) is 10.6 Å². The number of hydrogen-bond acceptors (Lipinski definition) is 6. The van der Waals surface area contributed by atoms with E-state index in [9.17, 15) is 14.4 Å². The molecule has 2 amide bonds. The minimum atomic E-state index is -0.666. The molecule has 0 bridgehead atoms. The SMILES string of the molecule is CCOC(=O)c1ccc(C(CNC(=O)OC(C)(C)C)NC(=O)OC(C)(C)C)cc1. The third kappa shape index (κ3) is 9.82. The molecule has 29 heavy (non-hydrogen) atoms. The van der Waals surface area contributed by atoms with E-state index in [1.165, 1.54) is 0 Å². The Hall–Kier alpha value is -2.77. The number of amides is 2. The van der Waals surface area contributed by atoms with Crippen molar-refractivity contribution in [1.82, 2.24) is 10.6 Å². The highest BCUT2D eigenvalue weighted by atomic mass is 16.6. The molecule has 1 aromatic rings. The van der Waals surface area contributed by atoms with Crippen LogP contribution in [-0.4, -0.2) is 42.5 Å². The molecule has 0 aliphatic heterocycles. The lowest BCUT2D eigenvalue weighted by atomic mass is 10.0. The van der Waals surface area contributed by atoms with Gasteiger partial charge in [-0.05, 0) is 66.2 Å². The van der Waals surface area contributed by atoms with Crippen LogP contribution in [0, 0.1) is 0 Å². The number of alkyl carbamates (subject to hydrolysis) is 2. The maximum absolute atomic E-state index is 12.2. The van der Waals surface area contributed by atoms with Crippen molar-refractivity contribution in [2.24, 2.45) is 0 Å². The van der Waals surface area contributed by atoms with Gasteiger partial charge in [0.15, 0.2) is 0 Å². The highest BCUT2D eigenvalue weighted by Crippen LogP contribution is 2.16. The second-order valence-corrected chi connectivity index (χ2v) is 8.42. The average Bonchev–Trinajstić information content (AvgIpc) is 2.56. The number of benzene rings is 1. The van der Waals surface area contributed by atoms with Gasteiger partial charge in [0.1, 0.15) is 11.2 Å². The molecule has 0 heterocycles. The lowest BCUT2D eigenvalue weighted by Gasteiger charge is -2.25. The van der Waals surface area contributed by atoms with Gasteiger partial charge in [0.05, 0.1) is 18.2 Å². The van der Waals surface area contributed by atoms with E-state index in [0.29, 0.717) is 11.1 Å². The molecule has 8 nitrogen and oxygen atoms in total. The van der Waals surface area contributed by atoms with Crippen molar-refractivity contribution in [3.8, 4) is 0 Å². The molecule has 8 heteroatoms. The number of rotatable bonds is 6. The average molecular weight is 408 g/mol. The predicted molar refractivity (Wildman–Crippen MR) is 109 cm³/mol. The van der Waals surface area contributed by atoms with Crippen molar-refractivity contribution < 1.29 is 28.6 Å². The molecule has 0 saturated heterocycles. The molecule has 0 aliphatic carbocycles. The van der Waals surface area contributed by atoms with E-state index in [4.69, 9.17) is 14.2 Å². The van der Waals surface area contributed by atoms with Gasteiger partial charge in [-0.25, -0.2) is 14.4 Å². The van der Waals surface area contributed by atoms with Crippen molar-refractivity contribution in [2.45, 2.75) is 65.7 Å². The molecule has 0 aliphatic rings. The maximum atomic E-state index is 12.2. The molecule has 2 N–H and O–H groups in total. The zero-order valence-corrected chi connectivity index (χ0v) is 18.3. The first-order valence-electron chi connectivity index (χ1n) is 9.54. The van der Waals surface area contributed by atoms with Crippen molar-refractivity contribution in [3.63, 3.8) is 0 Å². The van der Waals surface area contributed by atoms with Crippen LogP contribution in [0.4, 0.5) is 9.59 Å². The highest BCUT2D eigenvalue weighted by molar-refractivity contribution is 5.89. The van der Waals surface area contributed by atoms with Gasteiger partial charge in [-0.1, -0.05) is 12.1 Å². The van der Waals surface area contributed by atoms with Gasteiger partial charge in [0.25, 0.3) is 0 Å². The Morgan fingerprint density at radius 2 is 1.41 bits per heavy atom. The number of esters is 1. The largest absolute Gasteiger partial charge is 0.462 e. The lowest BCUT2D eigenvalue weighted by molar-refractivity contribution is 0.0463. The topological polar surface area (TPSA) is 103 Å². The van der Waals surface area contributed by atoms with E-state index in [0.717, 1.165) is 0 Å². The fourth-order valence-corrected chi connectivity index (χ4v) is 2.27. The first-order chi connectivity index (χ1) is 13.3. The normalized spacial score (nSPS) is 12.5. The van der Waals surface area contributed by atoms with Crippen LogP contribution in [-0.2, 0) is 14.2 Å². The Morgan fingerprint density at radius 3 is 1.90 bits per heavy atom. The van der Waals surface area contributed by atoms with Crippen LogP contribution in [0.3, 0.4) is 0 Å². The highest BCUT2D eigenvalue weighted by Gasteiger charge is 2.23. The summed E-state index contributed by atoms with van der Waals surface area (Å²) in [6, 6.07) is 5.99. The van der Waals surface area contributed by atoms with Crippen molar-refractivity contribution >= 4 is 18.2 Å². The summed E-state index contributed by atoms with van der Waals surface area (Å²) < 4.78 is 15.5. The van der Waals surface area contributed by atoms with E-state index in [-0.39, 0.29) is 13.2 Å². The van der Waals surface area contributed by atoms with Crippen molar-refractivity contribution in [3.05, 3.63) is 35.4 Å². The molecule has 1 atom stereocenters. The fraction of sp³-hybridized carbons (Fsp3) is 0.571. The van der Waals surface area contributed by atoms with Gasteiger partial charge >= 0.3 is 18.2 Å². The van der Waals surface area contributed by atoms with Crippen LogP contribution < -0.4 is 10.6 Å². The Labute approximate surface area is 172 Å². The van der Waals surface area contributed by atoms with Gasteiger partial charge in [0, 0.05) is 6.54 Å². The third-order valence-electron chi connectivity index (χ3n) is 3.36. The van der Waals surface area contributed by atoms with Gasteiger partial charge in [0.2, 0.25) is 0 Å². The van der Waals surface area contributed by atoms with Gasteiger partial charge in [-0.15, -0.1) is 0 Å². The lowest BCUT2D eigenvalue weighted by Crippen LogP contribution is -2.41. The molecule has 1 unspecified atom stereocenters. The molecular weight excluding hydrogens is 376 g/mol. The summed E-state index contributed by atoms with van der Waals surface area (Å²) in [5.41, 5.74) is -0.229. The summed E-state index contributed by atoms with van der Waals surface area (Å²) in [6.07, 6.45) is -1.22. The van der Waals surface area contributed by atoms with Gasteiger partial charge < -0.3 is 24.8 Å². The number of carbonyl (C=O) groups is 3. The van der Waals surface area contributed by atoms with Gasteiger partial charge in [-0.2, -0.15) is 0 Å². The van der Waals surface area contributed by atoms with Crippen LogP contribution in [0.25, 0.3) is 0 Å². The Morgan fingerprint density at radius 1 is 0.897 bits per heavy atom. The molecule has 1 rings (SSSR count). The van der Waals surface area contributed by atoms with E-state index in [1.54, 1.807) is 72.7 Å². The second kappa shape index (κ2) is 10.1. The van der Waals surface area contributed by atoms with Crippen LogP contribution in [0.5, 0.6) is 0 Å². The summed E-state index contributed by atoms with van der Waals surface area (Å²) in [5.74, 6) is -0.428. The number of hydrogen-bond donors (Lipinski definition) is 2. The number of carbonyl (C=O) groups excluding carboxylic acids is 3.